The second-order valence-electron chi connectivity index (χ2n) is 8.27. The second kappa shape index (κ2) is 8.99. The fourth-order valence-corrected chi connectivity index (χ4v) is 4.50. The number of piperidine rings is 1. The number of carboxylic acid groups (broad SMARTS) is 1. The second-order valence-corrected chi connectivity index (χ2v) is 8.27. The molecule has 33 heavy (non-hydrogen) atoms. The number of benzene rings is 1. The zero-order valence-corrected chi connectivity index (χ0v) is 18.4. The molecule has 0 amide bonds. The van der Waals surface area contributed by atoms with E-state index in [1.54, 1.807) is 12.4 Å². The average molecular weight is 444 g/mol. The largest absolute Gasteiger partial charge is 0.479 e. The smallest absolute Gasteiger partial charge is 0.416 e. The molecule has 8 heteroatoms. The van der Waals surface area contributed by atoms with Crippen LogP contribution in [0.5, 0.6) is 5.88 Å². The summed E-state index contributed by atoms with van der Waals surface area (Å²) in [6.07, 6.45) is 6.01. The van der Waals surface area contributed by atoms with Crippen LogP contribution in [0, 0.1) is 0 Å². The van der Waals surface area contributed by atoms with Crippen LogP contribution in [0.1, 0.15) is 24.8 Å². The standard InChI is InChI=1S/C25H25N5O3/c1-33-24-20(15-21(27-28-24)18-7-9-26-10-8-18)23-14-19-6-5-17(13-22(19)30(23)25(31)32)16-29-11-3-2-4-12-29/h5-10,13-15H,2-4,11-12,16H2,1H3,(H,31,32). The Kier molecular flexibility index (Phi) is 5.75. The van der Waals surface area contributed by atoms with Crippen molar-refractivity contribution in [2.75, 3.05) is 20.2 Å². The fraction of sp³-hybridized carbons (Fsp3) is 0.280. The highest BCUT2D eigenvalue weighted by atomic mass is 16.5. The van der Waals surface area contributed by atoms with Crippen LogP contribution in [0.4, 0.5) is 4.79 Å². The van der Waals surface area contributed by atoms with Crippen LogP contribution in [0.25, 0.3) is 33.4 Å². The number of nitrogens with zero attached hydrogens (tertiary/aromatic N) is 5. The minimum absolute atomic E-state index is 0.270. The van der Waals surface area contributed by atoms with Gasteiger partial charge in [-0.3, -0.25) is 9.88 Å². The molecule has 0 atom stereocenters. The van der Waals surface area contributed by atoms with Gasteiger partial charge in [0, 0.05) is 29.9 Å². The Labute approximate surface area is 191 Å². The predicted molar refractivity (Wildman–Crippen MR) is 125 cm³/mol. The first-order valence-electron chi connectivity index (χ1n) is 11.1. The molecule has 1 fully saturated rings. The summed E-state index contributed by atoms with van der Waals surface area (Å²) in [5.74, 6) is 0.270. The lowest BCUT2D eigenvalue weighted by Crippen LogP contribution is -2.29. The predicted octanol–water partition coefficient (Wildman–Crippen LogP) is 4.68. The molecule has 0 bridgehead atoms. The molecule has 0 saturated carbocycles. The van der Waals surface area contributed by atoms with E-state index >= 15 is 0 Å². The van der Waals surface area contributed by atoms with Crippen molar-refractivity contribution in [2.45, 2.75) is 25.8 Å². The first-order chi connectivity index (χ1) is 16.1. The molecule has 1 aliphatic rings. The zero-order valence-electron chi connectivity index (χ0n) is 18.4. The molecule has 4 aromatic rings. The number of methoxy groups -OCH3 is 1. The van der Waals surface area contributed by atoms with Gasteiger partial charge in [-0.25, -0.2) is 9.36 Å². The minimum atomic E-state index is -1.06. The topological polar surface area (TPSA) is 93.4 Å². The summed E-state index contributed by atoms with van der Waals surface area (Å²) in [5, 5.41) is 19.4. The Morgan fingerprint density at radius 3 is 2.55 bits per heavy atom. The zero-order chi connectivity index (χ0) is 22.8. The van der Waals surface area contributed by atoms with Crippen molar-refractivity contribution in [3.8, 4) is 28.4 Å². The molecular formula is C25H25N5O3. The number of hydrogen-bond acceptors (Lipinski definition) is 6. The summed E-state index contributed by atoms with van der Waals surface area (Å²) in [6.45, 7) is 2.99. The summed E-state index contributed by atoms with van der Waals surface area (Å²) in [7, 11) is 1.50. The summed E-state index contributed by atoms with van der Waals surface area (Å²) in [6, 6.07) is 13.4. The molecule has 0 spiro atoms. The summed E-state index contributed by atoms with van der Waals surface area (Å²) >= 11 is 0. The van der Waals surface area contributed by atoms with E-state index in [2.05, 4.69) is 26.1 Å². The number of carbonyl (C=O) groups is 1. The van der Waals surface area contributed by atoms with E-state index in [0.29, 0.717) is 22.5 Å². The van der Waals surface area contributed by atoms with Gasteiger partial charge in [-0.1, -0.05) is 18.6 Å². The molecule has 3 aromatic heterocycles. The number of aromatic nitrogens is 4. The van der Waals surface area contributed by atoms with Crippen LogP contribution in [0.2, 0.25) is 0 Å². The Bertz CT molecular complexity index is 1300. The Morgan fingerprint density at radius 2 is 1.82 bits per heavy atom. The van der Waals surface area contributed by atoms with E-state index in [1.165, 1.54) is 30.9 Å². The number of rotatable bonds is 5. The quantitative estimate of drug-likeness (QED) is 0.479. The molecule has 1 saturated heterocycles. The third-order valence-electron chi connectivity index (χ3n) is 6.12. The highest BCUT2D eigenvalue weighted by Crippen LogP contribution is 2.35. The fourth-order valence-electron chi connectivity index (χ4n) is 4.50. The lowest BCUT2D eigenvalue weighted by atomic mass is 10.1. The summed E-state index contributed by atoms with van der Waals surface area (Å²) in [5.41, 5.74) is 4.26. The molecule has 1 aliphatic heterocycles. The van der Waals surface area contributed by atoms with Crippen molar-refractivity contribution < 1.29 is 14.6 Å². The van der Waals surface area contributed by atoms with Gasteiger partial charge in [0.1, 0.15) is 0 Å². The van der Waals surface area contributed by atoms with Crippen LogP contribution in [-0.4, -0.2) is 56.0 Å². The molecule has 168 valence electrons. The van der Waals surface area contributed by atoms with Crippen molar-refractivity contribution >= 4 is 17.0 Å². The third-order valence-corrected chi connectivity index (χ3v) is 6.12. The average Bonchev–Trinajstić information content (AvgIpc) is 3.24. The molecule has 8 nitrogen and oxygen atoms in total. The third kappa shape index (κ3) is 4.17. The van der Waals surface area contributed by atoms with Gasteiger partial charge in [-0.2, -0.15) is 0 Å². The van der Waals surface area contributed by atoms with Crippen LogP contribution in [0.3, 0.4) is 0 Å². The van der Waals surface area contributed by atoms with Crippen LogP contribution in [-0.2, 0) is 6.54 Å². The molecule has 0 aliphatic carbocycles. The van der Waals surface area contributed by atoms with E-state index in [9.17, 15) is 9.90 Å². The number of likely N-dealkylation sites (tertiary alicyclic amines) is 1. The first kappa shape index (κ1) is 21.1. The lowest BCUT2D eigenvalue weighted by Gasteiger charge is -2.26. The van der Waals surface area contributed by atoms with Gasteiger partial charge in [-0.15, -0.1) is 10.2 Å². The van der Waals surface area contributed by atoms with Crippen LogP contribution in [0.15, 0.2) is 54.9 Å². The Morgan fingerprint density at radius 1 is 1.03 bits per heavy atom. The summed E-state index contributed by atoms with van der Waals surface area (Å²) < 4.78 is 6.76. The Hall–Kier alpha value is -3.78. The molecule has 4 heterocycles. The summed E-state index contributed by atoms with van der Waals surface area (Å²) in [4.78, 5) is 18.9. The number of fused-ring (bicyclic) bond motifs is 1. The highest BCUT2D eigenvalue weighted by Gasteiger charge is 2.21. The van der Waals surface area contributed by atoms with Crippen molar-refractivity contribution in [1.29, 1.82) is 0 Å². The molecular weight excluding hydrogens is 418 g/mol. The van der Waals surface area contributed by atoms with Crippen molar-refractivity contribution in [2.24, 2.45) is 0 Å². The lowest BCUT2D eigenvalue weighted by molar-refractivity contribution is 0.198. The van der Waals surface area contributed by atoms with Gasteiger partial charge in [0.15, 0.2) is 0 Å². The van der Waals surface area contributed by atoms with Gasteiger partial charge in [0.05, 0.1) is 29.6 Å². The molecule has 0 unspecified atom stereocenters. The molecule has 5 rings (SSSR count). The van der Waals surface area contributed by atoms with Gasteiger partial charge in [0.2, 0.25) is 5.88 Å². The van der Waals surface area contributed by atoms with Crippen molar-refractivity contribution in [1.82, 2.24) is 24.6 Å². The highest BCUT2D eigenvalue weighted by molar-refractivity contribution is 5.96. The normalized spacial score (nSPS) is 14.5. The van der Waals surface area contributed by atoms with Crippen molar-refractivity contribution in [3.05, 3.63) is 60.4 Å². The monoisotopic (exact) mass is 443 g/mol. The number of pyridine rings is 1. The SMILES string of the molecule is COc1nnc(-c2ccncc2)cc1-c1cc2ccc(CN3CCCCC3)cc2n1C(=O)O. The van der Waals surface area contributed by atoms with Gasteiger partial charge in [0.25, 0.3) is 0 Å². The van der Waals surface area contributed by atoms with E-state index < -0.39 is 6.09 Å². The van der Waals surface area contributed by atoms with Crippen LogP contribution >= 0.6 is 0 Å². The van der Waals surface area contributed by atoms with E-state index in [1.807, 2.05) is 36.4 Å². The van der Waals surface area contributed by atoms with Crippen molar-refractivity contribution in [3.63, 3.8) is 0 Å². The Balaban J connectivity index is 1.62. The molecule has 1 N–H and O–H groups in total. The van der Waals surface area contributed by atoms with E-state index in [4.69, 9.17) is 4.74 Å². The molecule has 1 aromatic carbocycles. The maximum atomic E-state index is 12.4. The van der Waals surface area contributed by atoms with Crippen LogP contribution < -0.4 is 4.74 Å². The van der Waals surface area contributed by atoms with Gasteiger partial charge < -0.3 is 9.84 Å². The minimum Gasteiger partial charge on any atom is -0.479 e. The van der Waals surface area contributed by atoms with Gasteiger partial charge >= 0.3 is 6.09 Å². The van der Waals surface area contributed by atoms with E-state index in [0.717, 1.165) is 36.1 Å². The maximum Gasteiger partial charge on any atom is 0.416 e. The molecule has 0 radical (unpaired) electrons. The van der Waals surface area contributed by atoms with E-state index in [-0.39, 0.29) is 5.88 Å². The van der Waals surface area contributed by atoms with Gasteiger partial charge in [-0.05, 0) is 61.8 Å². The first-order valence-corrected chi connectivity index (χ1v) is 11.1. The number of hydrogen-bond donors (Lipinski definition) is 1. The number of ether oxygens (including phenoxy) is 1. The maximum absolute atomic E-state index is 12.4.